The van der Waals surface area contributed by atoms with E-state index in [1.807, 2.05) is 18.2 Å². The van der Waals surface area contributed by atoms with Crippen LogP contribution < -0.4 is 5.73 Å². The van der Waals surface area contributed by atoms with Crippen molar-refractivity contribution in [3.8, 4) is 0 Å². The molecule has 0 spiro atoms. The molecule has 0 bridgehead atoms. The molecule has 7 nitrogen and oxygen atoms in total. The molecular formula is C20H20N4O3. The van der Waals surface area contributed by atoms with Crippen LogP contribution in [0.4, 0.5) is 0 Å². The molecule has 7 heteroatoms. The lowest BCUT2D eigenvalue weighted by Crippen LogP contribution is -2.44. The molecule has 0 radical (unpaired) electrons. The zero-order valence-corrected chi connectivity index (χ0v) is 14.8. The second-order valence-corrected chi connectivity index (χ2v) is 7.36. The Kier molecular flexibility index (Phi) is 3.65. The Labute approximate surface area is 156 Å². The van der Waals surface area contributed by atoms with Gasteiger partial charge in [-0.2, -0.15) is 4.98 Å². The third kappa shape index (κ3) is 2.66. The molecule has 1 unspecified atom stereocenters. The third-order valence-corrected chi connectivity index (χ3v) is 5.66. The van der Waals surface area contributed by atoms with Gasteiger partial charge in [-0.1, -0.05) is 29.4 Å². The number of nitrogens with two attached hydrogens (primary N) is 1. The summed E-state index contributed by atoms with van der Waals surface area (Å²) in [5.74, 6) is 1.07. The summed E-state index contributed by atoms with van der Waals surface area (Å²) in [6.45, 7) is 0.464. The Morgan fingerprint density at radius 2 is 2.00 bits per heavy atom. The van der Waals surface area contributed by atoms with E-state index < -0.39 is 5.54 Å². The number of furan rings is 1. The maximum absolute atomic E-state index is 13.0. The molecule has 2 aromatic heterocycles. The van der Waals surface area contributed by atoms with Crippen molar-refractivity contribution in [3.63, 3.8) is 0 Å². The second-order valence-electron chi connectivity index (χ2n) is 7.36. The van der Waals surface area contributed by atoms with Gasteiger partial charge >= 0.3 is 0 Å². The highest BCUT2D eigenvalue weighted by Gasteiger charge is 2.41. The van der Waals surface area contributed by atoms with Crippen LogP contribution >= 0.6 is 0 Å². The van der Waals surface area contributed by atoms with Crippen LogP contribution in [0, 0.1) is 0 Å². The summed E-state index contributed by atoms with van der Waals surface area (Å²) in [6, 6.07) is 11.1. The fraction of sp³-hybridized carbons (Fsp3) is 0.350. The number of hydrogen-bond donors (Lipinski definition) is 1. The lowest BCUT2D eigenvalue weighted by molar-refractivity contribution is 0.0562. The van der Waals surface area contributed by atoms with Gasteiger partial charge < -0.3 is 19.6 Å². The van der Waals surface area contributed by atoms with Crippen LogP contribution in [0.2, 0.25) is 0 Å². The molecule has 3 heterocycles. The number of nitrogens with zero attached hydrogens (tertiary/aromatic N) is 3. The zero-order chi connectivity index (χ0) is 18.4. The maximum atomic E-state index is 13.0. The molecule has 1 saturated carbocycles. The van der Waals surface area contributed by atoms with Crippen molar-refractivity contribution in [3.05, 3.63) is 71.3 Å². The molecule has 1 amide bonds. The summed E-state index contributed by atoms with van der Waals surface area (Å²) < 4.78 is 10.9. The first kappa shape index (κ1) is 16.3. The summed E-state index contributed by atoms with van der Waals surface area (Å²) in [4.78, 5) is 19.4. The van der Waals surface area contributed by atoms with Gasteiger partial charge in [0.05, 0.1) is 11.8 Å². The molecule has 27 heavy (non-hydrogen) atoms. The quantitative estimate of drug-likeness (QED) is 0.767. The lowest BCUT2D eigenvalue weighted by atomic mass is 9.77. The molecular weight excluding hydrogens is 344 g/mol. The van der Waals surface area contributed by atoms with Crippen molar-refractivity contribution in [2.75, 3.05) is 0 Å². The first-order chi connectivity index (χ1) is 13.1. The Morgan fingerprint density at radius 3 is 2.70 bits per heavy atom. The van der Waals surface area contributed by atoms with Gasteiger partial charge in [-0.05, 0) is 42.5 Å². The highest BCUT2D eigenvalue weighted by Crippen LogP contribution is 2.39. The van der Waals surface area contributed by atoms with E-state index in [0.717, 1.165) is 24.8 Å². The number of benzene rings is 1. The van der Waals surface area contributed by atoms with Gasteiger partial charge in [0.2, 0.25) is 5.89 Å². The number of hydrogen-bond acceptors (Lipinski definition) is 6. The van der Waals surface area contributed by atoms with E-state index in [1.165, 1.54) is 11.8 Å². The topological polar surface area (TPSA) is 98.4 Å². The Morgan fingerprint density at radius 1 is 1.19 bits per heavy atom. The summed E-state index contributed by atoms with van der Waals surface area (Å²) in [5.41, 5.74) is 8.13. The molecule has 1 aliphatic heterocycles. The number of fused-ring (bicyclic) bond motifs is 1. The van der Waals surface area contributed by atoms with Crippen LogP contribution in [-0.2, 0) is 18.5 Å². The van der Waals surface area contributed by atoms with E-state index in [-0.39, 0.29) is 11.9 Å². The van der Waals surface area contributed by atoms with Crippen molar-refractivity contribution in [1.82, 2.24) is 15.0 Å². The summed E-state index contributed by atoms with van der Waals surface area (Å²) >= 11 is 0. The minimum atomic E-state index is -0.496. The summed E-state index contributed by atoms with van der Waals surface area (Å²) in [5, 5.41) is 4.13. The smallest absolute Gasteiger partial charge is 0.290 e. The Bertz CT molecular complexity index is 975. The average molecular weight is 364 g/mol. The number of rotatable bonds is 3. The van der Waals surface area contributed by atoms with Gasteiger partial charge in [-0.25, -0.2) is 0 Å². The zero-order valence-electron chi connectivity index (χ0n) is 14.8. The number of carbonyl (C=O) groups excluding carboxylic acids is 1. The highest BCUT2D eigenvalue weighted by molar-refractivity contribution is 5.91. The molecule has 1 atom stereocenters. The fourth-order valence-corrected chi connectivity index (χ4v) is 3.85. The predicted octanol–water partition coefficient (Wildman–Crippen LogP) is 2.94. The van der Waals surface area contributed by atoms with Crippen LogP contribution in [0.15, 0.2) is 51.6 Å². The third-order valence-electron chi connectivity index (χ3n) is 5.66. The number of carbonyl (C=O) groups is 1. The van der Waals surface area contributed by atoms with E-state index in [0.29, 0.717) is 30.4 Å². The number of amides is 1. The van der Waals surface area contributed by atoms with Gasteiger partial charge in [0.25, 0.3) is 5.91 Å². The SMILES string of the molecule is NC1(c2noc(C3Cc4ccccc4CN3C(=O)c3ccco3)n2)CCC1. The minimum Gasteiger partial charge on any atom is -0.459 e. The number of aromatic nitrogens is 2. The lowest BCUT2D eigenvalue weighted by Gasteiger charge is -2.35. The van der Waals surface area contributed by atoms with E-state index in [4.69, 9.17) is 14.7 Å². The summed E-state index contributed by atoms with van der Waals surface area (Å²) in [7, 11) is 0. The molecule has 3 aromatic rings. The van der Waals surface area contributed by atoms with Crippen LogP contribution in [0.25, 0.3) is 0 Å². The first-order valence-corrected chi connectivity index (χ1v) is 9.18. The molecule has 1 fully saturated rings. The van der Waals surface area contributed by atoms with E-state index >= 15 is 0 Å². The maximum Gasteiger partial charge on any atom is 0.290 e. The molecule has 5 rings (SSSR count). The van der Waals surface area contributed by atoms with Crippen molar-refractivity contribution < 1.29 is 13.7 Å². The van der Waals surface area contributed by atoms with Crippen molar-refractivity contribution in [2.45, 2.75) is 43.8 Å². The minimum absolute atomic E-state index is 0.189. The van der Waals surface area contributed by atoms with Gasteiger partial charge in [-0.15, -0.1) is 0 Å². The first-order valence-electron chi connectivity index (χ1n) is 9.18. The Hall–Kier alpha value is -2.93. The molecule has 2 aliphatic rings. The fourth-order valence-electron chi connectivity index (χ4n) is 3.85. The standard InChI is InChI=1S/C20H20N4O3/c21-20(8-4-9-20)19-22-17(27-23-19)15-11-13-5-1-2-6-14(13)12-24(15)18(25)16-7-3-10-26-16/h1-3,5-7,10,15H,4,8-9,11-12,21H2. The van der Waals surface area contributed by atoms with Crippen LogP contribution in [-0.4, -0.2) is 20.9 Å². The van der Waals surface area contributed by atoms with Crippen LogP contribution in [0.3, 0.4) is 0 Å². The average Bonchev–Trinajstić information content (AvgIpc) is 3.36. The summed E-state index contributed by atoms with van der Waals surface area (Å²) in [6.07, 6.45) is 4.89. The van der Waals surface area contributed by atoms with Crippen LogP contribution in [0.5, 0.6) is 0 Å². The van der Waals surface area contributed by atoms with Gasteiger partial charge in [-0.3, -0.25) is 4.79 Å². The predicted molar refractivity (Wildman–Crippen MR) is 95.5 cm³/mol. The molecule has 0 saturated heterocycles. The van der Waals surface area contributed by atoms with Gasteiger partial charge in [0, 0.05) is 13.0 Å². The van der Waals surface area contributed by atoms with Gasteiger partial charge in [0.1, 0.15) is 6.04 Å². The van der Waals surface area contributed by atoms with Crippen molar-refractivity contribution in [1.29, 1.82) is 0 Å². The van der Waals surface area contributed by atoms with E-state index in [1.54, 1.807) is 17.0 Å². The van der Waals surface area contributed by atoms with Crippen LogP contribution in [0.1, 0.15) is 58.7 Å². The van der Waals surface area contributed by atoms with Crippen molar-refractivity contribution >= 4 is 5.91 Å². The Balaban J connectivity index is 1.52. The molecule has 138 valence electrons. The largest absolute Gasteiger partial charge is 0.459 e. The molecule has 2 N–H and O–H groups in total. The second kappa shape index (κ2) is 6.06. The normalized spacial score (nSPS) is 20.8. The monoisotopic (exact) mass is 364 g/mol. The molecule has 1 aliphatic carbocycles. The van der Waals surface area contributed by atoms with Crippen molar-refractivity contribution in [2.24, 2.45) is 5.73 Å². The molecule has 1 aromatic carbocycles. The van der Waals surface area contributed by atoms with E-state index in [9.17, 15) is 4.79 Å². The highest BCUT2D eigenvalue weighted by atomic mass is 16.5. The van der Waals surface area contributed by atoms with E-state index in [2.05, 4.69) is 16.2 Å². The van der Waals surface area contributed by atoms with Gasteiger partial charge in [0.15, 0.2) is 11.6 Å².